The maximum Gasteiger partial charge on any atom is 0.211 e. The smallest absolute Gasteiger partial charge is 0.211 e. The topological polar surface area (TPSA) is 34.1 Å². The predicted octanol–water partition coefficient (Wildman–Crippen LogP) is 1.23. The van der Waals surface area contributed by atoms with Crippen LogP contribution in [0.1, 0.15) is 19.8 Å². The van der Waals surface area contributed by atoms with E-state index in [4.69, 9.17) is 0 Å². The van der Waals surface area contributed by atoms with Crippen molar-refractivity contribution < 1.29 is 9.59 Å². The minimum absolute atomic E-state index is 0.226. The van der Waals surface area contributed by atoms with Crippen molar-refractivity contribution in [3.8, 4) is 0 Å². The summed E-state index contributed by atoms with van der Waals surface area (Å²) in [5.41, 5.74) is 1.88. The first kappa shape index (κ1) is 9.97. The fraction of sp³-hybridized carbons (Fsp3) is 0.400. The van der Waals surface area contributed by atoms with Gasteiger partial charge < -0.3 is 4.79 Å². The first-order valence-electron chi connectivity index (χ1n) is 4.66. The van der Waals surface area contributed by atoms with Crippen LogP contribution in [0.5, 0.6) is 0 Å². The second-order valence-corrected chi connectivity index (χ2v) is 3.22. The van der Waals surface area contributed by atoms with Crippen molar-refractivity contribution in [2.75, 3.05) is 0 Å². The van der Waals surface area contributed by atoms with Gasteiger partial charge in [-0.2, -0.15) is 0 Å². The zero-order valence-electron chi connectivity index (χ0n) is 7.88. The molecule has 1 rings (SSSR count). The van der Waals surface area contributed by atoms with Gasteiger partial charge in [-0.05, 0) is 24.0 Å². The van der Waals surface area contributed by atoms with Gasteiger partial charge in [0.05, 0.1) is 0 Å². The highest BCUT2D eigenvalue weighted by Crippen LogP contribution is 2.17. The molecule has 0 N–H and O–H groups in total. The van der Waals surface area contributed by atoms with E-state index in [0.717, 1.165) is 30.2 Å². The van der Waals surface area contributed by atoms with Gasteiger partial charge in [0.2, 0.25) is 7.28 Å². The van der Waals surface area contributed by atoms with Crippen molar-refractivity contribution in [3.63, 3.8) is 0 Å². The lowest BCUT2D eigenvalue weighted by molar-refractivity contribution is -0.109. The van der Waals surface area contributed by atoms with Gasteiger partial charge in [0.1, 0.15) is 12.0 Å². The fourth-order valence-corrected chi connectivity index (χ4v) is 1.37. The van der Waals surface area contributed by atoms with Crippen molar-refractivity contribution in [2.24, 2.45) is 0 Å². The Labute approximate surface area is 78.9 Å². The monoisotopic (exact) mass is 176 g/mol. The average Bonchev–Trinajstić information content (AvgIpc) is 2.18. The lowest BCUT2D eigenvalue weighted by Crippen LogP contribution is -2.12. The number of allylic oxidation sites excluding steroid dienone is 4. The molecular weight excluding hydrogens is 163 g/mol. The Morgan fingerprint density at radius 2 is 2.31 bits per heavy atom. The summed E-state index contributed by atoms with van der Waals surface area (Å²) in [6, 6.07) is 0. The minimum atomic E-state index is 0.226. The molecule has 0 spiro atoms. The van der Waals surface area contributed by atoms with Crippen LogP contribution < -0.4 is 0 Å². The molecule has 0 saturated heterocycles. The Balaban J connectivity index is 2.63. The lowest BCUT2D eigenvalue weighted by atomic mass is 9.66. The van der Waals surface area contributed by atoms with E-state index in [-0.39, 0.29) is 5.68 Å². The third kappa shape index (κ3) is 2.69. The highest BCUT2D eigenvalue weighted by atomic mass is 16.1. The zero-order valence-corrected chi connectivity index (χ0v) is 7.88. The zero-order chi connectivity index (χ0) is 9.68. The molecule has 1 aliphatic carbocycles. The standard InChI is InChI=1S/C10H13BO2/c1-2-11-10(13)9-5-3-8(7-12)4-6-9/h3,5,7,11H,2,4,6H2,1H3. The second kappa shape index (κ2) is 4.80. The van der Waals surface area contributed by atoms with E-state index in [9.17, 15) is 9.59 Å². The number of hydrogen-bond acceptors (Lipinski definition) is 2. The highest BCUT2D eigenvalue weighted by Gasteiger charge is 2.12. The van der Waals surface area contributed by atoms with Crippen molar-refractivity contribution in [3.05, 3.63) is 23.3 Å². The van der Waals surface area contributed by atoms with Crippen LogP contribution in [-0.2, 0) is 9.59 Å². The molecule has 0 heterocycles. The molecule has 13 heavy (non-hydrogen) atoms. The maximum absolute atomic E-state index is 11.4. The Morgan fingerprint density at radius 3 is 2.77 bits per heavy atom. The summed E-state index contributed by atoms with van der Waals surface area (Å²) in [4.78, 5) is 21.8. The van der Waals surface area contributed by atoms with Crippen LogP contribution in [0.2, 0.25) is 6.32 Å². The SMILES string of the molecule is CCBC(=O)C1=CC=C(C=O)CC1. The number of rotatable bonds is 4. The molecule has 0 aromatic carbocycles. The Kier molecular flexibility index (Phi) is 3.68. The van der Waals surface area contributed by atoms with Crippen LogP contribution >= 0.6 is 0 Å². The largest absolute Gasteiger partial charge is 0.307 e. The fourth-order valence-electron chi connectivity index (χ4n) is 1.37. The molecule has 0 saturated carbocycles. The van der Waals surface area contributed by atoms with Crippen LogP contribution in [-0.4, -0.2) is 19.2 Å². The summed E-state index contributed by atoms with van der Waals surface area (Å²) >= 11 is 0. The molecule has 2 nitrogen and oxygen atoms in total. The number of hydrogen-bond donors (Lipinski definition) is 0. The predicted molar refractivity (Wildman–Crippen MR) is 54.1 cm³/mol. The molecule has 68 valence electrons. The van der Waals surface area contributed by atoms with Crippen LogP contribution in [0.15, 0.2) is 23.3 Å². The van der Waals surface area contributed by atoms with E-state index in [0.29, 0.717) is 13.7 Å². The van der Waals surface area contributed by atoms with Gasteiger partial charge in [-0.25, -0.2) is 0 Å². The molecule has 0 unspecified atom stereocenters. The third-order valence-corrected chi connectivity index (χ3v) is 2.17. The van der Waals surface area contributed by atoms with Crippen molar-refractivity contribution in [1.82, 2.24) is 0 Å². The normalized spacial score (nSPS) is 15.8. The summed E-state index contributed by atoms with van der Waals surface area (Å²) in [6.07, 6.45) is 6.72. The Bertz CT molecular complexity index is 277. The Morgan fingerprint density at radius 1 is 1.54 bits per heavy atom. The quantitative estimate of drug-likeness (QED) is 0.476. The van der Waals surface area contributed by atoms with E-state index in [1.807, 2.05) is 6.92 Å². The van der Waals surface area contributed by atoms with E-state index in [1.54, 1.807) is 12.2 Å². The second-order valence-electron chi connectivity index (χ2n) is 3.22. The lowest BCUT2D eigenvalue weighted by Gasteiger charge is -2.09. The molecule has 1 aliphatic rings. The van der Waals surface area contributed by atoms with Gasteiger partial charge in [0, 0.05) is 0 Å². The third-order valence-electron chi connectivity index (χ3n) is 2.17. The van der Waals surface area contributed by atoms with E-state index in [2.05, 4.69) is 0 Å². The number of carbonyl (C=O) groups excluding carboxylic acids is 2. The van der Waals surface area contributed by atoms with Gasteiger partial charge in [0.25, 0.3) is 0 Å². The van der Waals surface area contributed by atoms with Crippen molar-refractivity contribution >= 4 is 19.2 Å². The Hall–Kier alpha value is -1.12. The first-order chi connectivity index (χ1) is 6.27. The van der Waals surface area contributed by atoms with E-state index >= 15 is 0 Å². The first-order valence-corrected chi connectivity index (χ1v) is 4.66. The average molecular weight is 176 g/mol. The van der Waals surface area contributed by atoms with Crippen LogP contribution in [0, 0.1) is 0 Å². The summed E-state index contributed by atoms with van der Waals surface area (Å²) in [5, 5.41) is 0. The molecule has 3 heteroatoms. The van der Waals surface area contributed by atoms with Crippen molar-refractivity contribution in [2.45, 2.75) is 26.1 Å². The molecule has 0 aromatic rings. The molecule has 0 amide bonds. The van der Waals surface area contributed by atoms with Gasteiger partial charge in [0.15, 0.2) is 0 Å². The minimum Gasteiger partial charge on any atom is -0.307 e. The molecule has 0 aromatic heterocycles. The maximum atomic E-state index is 11.4. The van der Waals surface area contributed by atoms with Crippen LogP contribution in [0.4, 0.5) is 0 Å². The van der Waals surface area contributed by atoms with Gasteiger partial charge in [-0.3, -0.25) is 4.79 Å². The summed E-state index contributed by atoms with van der Waals surface area (Å²) in [7, 11) is 0.621. The van der Waals surface area contributed by atoms with E-state index < -0.39 is 0 Å². The summed E-state index contributed by atoms with van der Waals surface area (Å²) in [5.74, 6) is 0. The van der Waals surface area contributed by atoms with E-state index in [1.165, 1.54) is 0 Å². The molecule has 0 fully saturated rings. The molecule has 0 bridgehead atoms. The van der Waals surface area contributed by atoms with Crippen LogP contribution in [0.3, 0.4) is 0 Å². The summed E-state index contributed by atoms with van der Waals surface area (Å²) < 4.78 is 0. The highest BCUT2D eigenvalue weighted by molar-refractivity contribution is 6.77. The van der Waals surface area contributed by atoms with Gasteiger partial charge >= 0.3 is 0 Å². The molecular formula is C10H13BO2. The molecule has 0 atom stereocenters. The van der Waals surface area contributed by atoms with Gasteiger partial charge in [-0.15, -0.1) is 0 Å². The van der Waals surface area contributed by atoms with Gasteiger partial charge in [-0.1, -0.05) is 25.4 Å². The molecule has 0 aliphatic heterocycles. The number of carbonyl (C=O) groups is 2. The summed E-state index contributed by atoms with van der Waals surface area (Å²) in [6.45, 7) is 1.99. The van der Waals surface area contributed by atoms with Crippen LogP contribution in [0.25, 0.3) is 0 Å². The molecule has 0 radical (unpaired) electrons. The van der Waals surface area contributed by atoms with Crippen molar-refractivity contribution in [1.29, 1.82) is 0 Å². The number of aldehydes is 1.